The number of rotatable bonds is 30. The van der Waals surface area contributed by atoms with Crippen molar-refractivity contribution in [2.45, 2.75) is 248 Å². The van der Waals surface area contributed by atoms with Crippen molar-refractivity contribution in [2.24, 2.45) is 38.4 Å². The summed E-state index contributed by atoms with van der Waals surface area (Å²) in [5.41, 5.74) is 0.107. The molecule has 0 N–H and O–H groups in total. The van der Waals surface area contributed by atoms with Crippen molar-refractivity contribution in [1.29, 1.82) is 0 Å². The molecule has 0 aliphatic heterocycles. The first-order chi connectivity index (χ1) is 44.5. The first-order valence-corrected chi connectivity index (χ1v) is 31.7. The van der Waals surface area contributed by atoms with E-state index in [0.717, 1.165) is 20.6 Å². The van der Waals surface area contributed by atoms with Crippen LogP contribution in [-0.2, 0) is 138 Å². The van der Waals surface area contributed by atoms with Crippen LogP contribution in [-0.4, -0.2) is 201 Å². The quantitative estimate of drug-likeness (QED) is 0.0279. The summed E-state index contributed by atoms with van der Waals surface area (Å²) in [5.74, 6) is -6.79. The Labute approximate surface area is 585 Å². The molecule has 1 atom stereocenters. The molecular weight excluding hydrogens is 1290 g/mol. The third kappa shape index (κ3) is 82.3. The van der Waals surface area contributed by atoms with Gasteiger partial charge in [0, 0.05) is 88.1 Å². The average molecular weight is 1420 g/mol. The van der Waals surface area contributed by atoms with Crippen molar-refractivity contribution >= 4 is 65.7 Å². The van der Waals surface area contributed by atoms with E-state index in [0.29, 0.717) is 19.4 Å². The van der Waals surface area contributed by atoms with Gasteiger partial charge in [-0.15, -0.1) is 0 Å². The van der Waals surface area contributed by atoms with Crippen molar-refractivity contribution in [3.8, 4) is 0 Å². The molecule has 580 valence electrons. The molecule has 0 rings (SSSR count). The summed E-state index contributed by atoms with van der Waals surface area (Å²) >= 11 is 0. The Hall–Kier alpha value is -6.11. The van der Waals surface area contributed by atoms with E-state index in [4.69, 9.17) is 66.3 Å². The molecule has 1 unspecified atom stereocenters. The number of hydrogen-bond donors (Lipinski definition) is 0. The number of hydrogen-bond acceptors (Lipinski definition) is 29. The molecule has 0 amide bonds. The van der Waals surface area contributed by atoms with Crippen LogP contribution in [0.25, 0.3) is 0 Å². The van der Waals surface area contributed by atoms with Crippen molar-refractivity contribution in [1.82, 2.24) is 0 Å². The van der Waals surface area contributed by atoms with Gasteiger partial charge in [-0.1, -0.05) is 125 Å². The summed E-state index contributed by atoms with van der Waals surface area (Å²) in [4.78, 5) is 122. The third-order valence-electron chi connectivity index (χ3n) is 10.8. The highest BCUT2D eigenvalue weighted by molar-refractivity contribution is 5.92. The molecule has 0 aromatic rings. The van der Waals surface area contributed by atoms with Gasteiger partial charge < -0.3 is 85.3 Å². The zero-order valence-corrected chi connectivity index (χ0v) is 65.9. The number of carbonyl (C=O) groups is 11. The van der Waals surface area contributed by atoms with Crippen molar-refractivity contribution in [3.63, 3.8) is 0 Å². The second-order valence-electron chi connectivity index (χ2n) is 29.1. The fourth-order valence-corrected chi connectivity index (χ4v) is 6.32. The lowest BCUT2D eigenvalue weighted by Gasteiger charge is -2.27. The smallest absolute Gasteiger partial charge is 0.320 e. The number of carbonyl (C=O) groups excluding carboxylic acids is 11. The Morgan fingerprint density at radius 1 is 0.316 bits per heavy atom. The van der Waals surface area contributed by atoms with Gasteiger partial charge in [-0.3, -0.25) is 52.7 Å². The van der Waals surface area contributed by atoms with Gasteiger partial charge in [0.1, 0.15) is 19.3 Å². The average Bonchev–Trinajstić information content (AvgIpc) is 0.927. The van der Waals surface area contributed by atoms with Gasteiger partial charge in [-0.25, -0.2) is 0 Å². The Balaban J connectivity index is -0.000000206. The predicted molar refractivity (Wildman–Crippen MR) is 362 cm³/mol. The molecule has 98 heavy (non-hydrogen) atoms. The molecule has 0 saturated heterocycles. The zero-order chi connectivity index (χ0) is 78.6. The second kappa shape index (κ2) is 56.6. The molecule has 0 heterocycles. The minimum absolute atomic E-state index is 0.00277. The Bertz CT molecular complexity index is 2140. The third-order valence-corrected chi connectivity index (χ3v) is 10.8. The van der Waals surface area contributed by atoms with Crippen LogP contribution in [0, 0.1) is 38.4 Å². The molecule has 29 nitrogen and oxygen atoms in total. The molecule has 29 heteroatoms. The van der Waals surface area contributed by atoms with Crippen LogP contribution in [0.4, 0.5) is 0 Å². The lowest BCUT2D eigenvalue weighted by atomic mass is 9.92. The Kier molecular flexibility index (Phi) is 60.9. The fourth-order valence-electron chi connectivity index (χ4n) is 6.32. The molecule has 0 aromatic carbocycles. The van der Waals surface area contributed by atoms with Gasteiger partial charge in [0.05, 0.1) is 79.7 Å². The minimum Gasteiger partial charge on any atom is -0.469 e. The van der Waals surface area contributed by atoms with Crippen molar-refractivity contribution < 1.29 is 138 Å². The maximum atomic E-state index is 11.7. The van der Waals surface area contributed by atoms with Crippen LogP contribution in [0.1, 0.15) is 211 Å². The first-order valence-electron chi connectivity index (χ1n) is 31.7. The van der Waals surface area contributed by atoms with E-state index < -0.39 is 91.9 Å². The van der Waals surface area contributed by atoms with E-state index in [1.165, 1.54) is 49.2 Å². The first kappa shape index (κ1) is 105. The summed E-state index contributed by atoms with van der Waals surface area (Å²) < 4.78 is 87.6. The van der Waals surface area contributed by atoms with Gasteiger partial charge >= 0.3 is 65.7 Å². The van der Waals surface area contributed by atoms with Crippen LogP contribution in [0.15, 0.2) is 0 Å². The van der Waals surface area contributed by atoms with Crippen molar-refractivity contribution in [2.75, 3.05) is 97.5 Å². The van der Waals surface area contributed by atoms with E-state index in [1.807, 2.05) is 96.9 Å². The van der Waals surface area contributed by atoms with E-state index in [1.54, 1.807) is 28.4 Å². The van der Waals surface area contributed by atoms with Crippen LogP contribution >= 0.6 is 0 Å². The van der Waals surface area contributed by atoms with Crippen LogP contribution in [0.2, 0.25) is 0 Å². The summed E-state index contributed by atoms with van der Waals surface area (Å²) in [5, 5.41) is 0. The predicted octanol–water partition coefficient (Wildman–Crippen LogP) is 10.4. The SMILES string of the molecule is CC(=O)OC(CC(C)(C)C)OC(C)=O.CC(=O)OCC(C)(C)C.COC(=O)CC(=O)OC(CC(C)(C)C)OC(=O)CC(=O)OC.COC(=O)CC(=O)OCC(COC(=O)CC(OC)OC)COC(C)C.COC(=O)CC(C)(C)C.COC(CC(C)(C)C)OC.COC(OC)C(C)(C)C. The Morgan fingerprint density at radius 3 is 0.867 bits per heavy atom. The van der Waals surface area contributed by atoms with Crippen LogP contribution in [0.3, 0.4) is 0 Å². The molecule has 0 radical (unpaired) electrons. The standard InChI is InChI=1S/C16H28O9.C14H22O8.C10H18O4.C8H18O2.C7H16O2.2C7H14O2/c1-11(2)23-8-12(9-24-14(18)6-13(17)20-3)10-25-15(19)7-16(21-4)22-5;1-14(2,3)8-13(21-11(17)6-9(15)19-4)22-12(18)7-10(16)20-5;1-7(11)13-9(14-8(2)12)6-10(3,4)5;1-8(2,3)6-7(9-4)10-5;1-7(2,3)6(8-4)9-5;1-7(2,3)5-6(8)9-4;1-6(8)9-5-7(2,3)4/h11-12,16H,6-10H2,1-5H3;13H,6-8H2,1-5H3;9H,6H2,1-5H3;7H,6H2,1-5H3;6H,1-5H3;2*5H2,1-4H3. The molecule has 0 aliphatic rings. The van der Waals surface area contributed by atoms with Gasteiger partial charge in [-0.2, -0.15) is 0 Å². The molecular formula is C69H130O29. The fraction of sp³-hybridized carbons (Fsp3) is 0.841. The van der Waals surface area contributed by atoms with Gasteiger partial charge in [-0.05, 0) is 40.9 Å². The van der Waals surface area contributed by atoms with Crippen LogP contribution in [0.5, 0.6) is 0 Å². The van der Waals surface area contributed by atoms with E-state index >= 15 is 0 Å². The van der Waals surface area contributed by atoms with Gasteiger partial charge in [0.2, 0.25) is 12.6 Å². The van der Waals surface area contributed by atoms with E-state index in [-0.39, 0.29) is 102 Å². The summed E-state index contributed by atoms with van der Waals surface area (Å²) in [7, 11) is 14.3. The largest absolute Gasteiger partial charge is 0.469 e. The highest BCUT2D eigenvalue weighted by Gasteiger charge is 2.29. The highest BCUT2D eigenvalue weighted by atomic mass is 16.7. The zero-order valence-electron chi connectivity index (χ0n) is 65.9. The normalized spacial score (nSPS) is 11.6. The molecule has 0 fully saturated rings. The minimum atomic E-state index is -1.20. The Morgan fingerprint density at radius 2 is 0.643 bits per heavy atom. The lowest BCUT2D eigenvalue weighted by molar-refractivity contribution is -0.194. The maximum Gasteiger partial charge on any atom is 0.320 e. The maximum absolute atomic E-state index is 11.7. The molecule has 0 aromatic heterocycles. The summed E-state index contributed by atoms with van der Waals surface area (Å²) in [6.07, 6.45) is -2.45. The second-order valence-corrected chi connectivity index (χ2v) is 29.1. The number of methoxy groups -OCH3 is 10. The summed E-state index contributed by atoms with van der Waals surface area (Å²) in [6.45, 7) is 44.7. The highest BCUT2D eigenvalue weighted by Crippen LogP contribution is 2.26. The number of ether oxygens (including phenoxy) is 18. The molecule has 0 aliphatic carbocycles. The summed E-state index contributed by atoms with van der Waals surface area (Å²) in [6, 6.07) is 0. The van der Waals surface area contributed by atoms with Gasteiger partial charge in [0.25, 0.3) is 0 Å². The monoisotopic (exact) mass is 1420 g/mol. The van der Waals surface area contributed by atoms with E-state index in [9.17, 15) is 52.7 Å². The number of esters is 11. The van der Waals surface area contributed by atoms with Crippen molar-refractivity contribution in [3.05, 3.63) is 0 Å². The topological polar surface area (TPSA) is 354 Å². The molecule has 0 bridgehead atoms. The van der Waals surface area contributed by atoms with Crippen LogP contribution < -0.4 is 0 Å². The van der Waals surface area contributed by atoms with Gasteiger partial charge in [0.15, 0.2) is 18.9 Å². The molecule has 0 spiro atoms. The molecule has 0 saturated carbocycles. The van der Waals surface area contributed by atoms with E-state index in [2.05, 4.69) is 60.5 Å². The lowest BCUT2D eigenvalue weighted by Crippen LogP contribution is -2.30.